The summed E-state index contributed by atoms with van der Waals surface area (Å²) < 4.78 is 40.2. The molecule has 1 aliphatic heterocycles. The second-order valence-electron chi connectivity index (χ2n) is 6.41. The van der Waals surface area contributed by atoms with Gasteiger partial charge in [-0.25, -0.2) is 0 Å². The average Bonchev–Trinajstić information content (AvgIpc) is 2.97. The number of nitrogens with zero attached hydrogens (tertiary/aromatic N) is 1. The van der Waals surface area contributed by atoms with Gasteiger partial charge < -0.3 is 9.84 Å². The zero-order valence-electron chi connectivity index (χ0n) is 12.5. The Bertz CT molecular complexity index is 587. The molecule has 1 aromatic carbocycles. The third-order valence-electron chi connectivity index (χ3n) is 4.93. The molecule has 0 bridgehead atoms. The van der Waals surface area contributed by atoms with Crippen LogP contribution in [0.2, 0.25) is 0 Å². The van der Waals surface area contributed by atoms with E-state index in [1.165, 1.54) is 12.1 Å². The molecular weight excluding hydrogens is 311 g/mol. The third kappa shape index (κ3) is 3.29. The van der Waals surface area contributed by atoms with Gasteiger partial charge in [0.25, 0.3) is 0 Å². The summed E-state index contributed by atoms with van der Waals surface area (Å²) in [6.45, 7) is 1.78. The monoisotopic (exact) mass is 329 g/mol. The molecule has 1 aromatic rings. The van der Waals surface area contributed by atoms with E-state index >= 15 is 0 Å². The van der Waals surface area contributed by atoms with Crippen LogP contribution in [0.5, 0.6) is 5.75 Å². The molecule has 0 radical (unpaired) electrons. The largest absolute Gasteiger partial charge is 0.573 e. The third-order valence-corrected chi connectivity index (χ3v) is 4.93. The van der Waals surface area contributed by atoms with E-state index in [1.54, 1.807) is 12.1 Å². The Morgan fingerprint density at radius 1 is 1.35 bits per heavy atom. The van der Waals surface area contributed by atoms with Gasteiger partial charge in [0.1, 0.15) is 5.75 Å². The predicted octanol–water partition coefficient (Wildman–Crippen LogP) is 3.27. The summed E-state index contributed by atoms with van der Waals surface area (Å²) in [5.41, 5.74) is 0.208. The minimum atomic E-state index is -4.69. The molecule has 0 amide bonds. The van der Waals surface area contributed by atoms with Crippen molar-refractivity contribution in [1.82, 2.24) is 4.90 Å². The maximum Gasteiger partial charge on any atom is 0.573 e. The van der Waals surface area contributed by atoms with Crippen LogP contribution in [0, 0.1) is 11.3 Å². The number of alkyl halides is 3. The smallest absolute Gasteiger partial charge is 0.481 e. The summed E-state index contributed by atoms with van der Waals surface area (Å²) >= 11 is 0. The molecule has 7 heteroatoms. The molecule has 4 nitrogen and oxygen atoms in total. The standard InChI is InChI=1S/C16H18F3NO3/c17-16(18,19)23-13-5-3-11(4-6-13)8-20-9-12-2-1-7-15(12,10-20)14(21)22/h3-6,12H,1-2,7-10H2,(H,21,22)/t12-,15+/m0/s1. The van der Waals surface area contributed by atoms with Crippen molar-refractivity contribution in [2.45, 2.75) is 32.2 Å². The van der Waals surface area contributed by atoms with E-state index < -0.39 is 17.7 Å². The highest BCUT2D eigenvalue weighted by atomic mass is 19.4. The van der Waals surface area contributed by atoms with Crippen LogP contribution < -0.4 is 4.74 Å². The molecule has 2 aliphatic rings. The van der Waals surface area contributed by atoms with Gasteiger partial charge in [-0.2, -0.15) is 0 Å². The van der Waals surface area contributed by atoms with E-state index in [0.29, 0.717) is 19.5 Å². The molecule has 3 rings (SSSR count). The Morgan fingerprint density at radius 2 is 2.04 bits per heavy atom. The van der Waals surface area contributed by atoms with Gasteiger partial charge in [-0.3, -0.25) is 9.69 Å². The molecule has 1 saturated carbocycles. The number of benzene rings is 1. The van der Waals surface area contributed by atoms with Crippen molar-refractivity contribution in [2.24, 2.45) is 11.3 Å². The SMILES string of the molecule is O=C(O)[C@@]12CCC[C@H]1CN(Cc1ccc(OC(F)(F)F)cc1)C2. The highest BCUT2D eigenvalue weighted by Gasteiger charge is 2.54. The number of carboxylic acid groups (broad SMARTS) is 1. The Balaban J connectivity index is 1.64. The number of likely N-dealkylation sites (tertiary alicyclic amines) is 1. The van der Waals surface area contributed by atoms with Gasteiger partial charge in [0, 0.05) is 19.6 Å². The first-order valence-electron chi connectivity index (χ1n) is 7.59. The number of aliphatic carboxylic acids is 1. The molecule has 23 heavy (non-hydrogen) atoms. The zero-order valence-corrected chi connectivity index (χ0v) is 12.5. The summed E-state index contributed by atoms with van der Waals surface area (Å²) in [6, 6.07) is 5.74. The second-order valence-corrected chi connectivity index (χ2v) is 6.41. The summed E-state index contributed by atoms with van der Waals surface area (Å²) in [4.78, 5) is 13.7. The molecule has 1 aliphatic carbocycles. The van der Waals surface area contributed by atoms with Crippen LogP contribution in [0.4, 0.5) is 13.2 Å². The number of ether oxygens (including phenoxy) is 1. The van der Waals surface area contributed by atoms with Gasteiger partial charge in [-0.05, 0) is 36.5 Å². The highest BCUT2D eigenvalue weighted by molar-refractivity contribution is 5.76. The van der Waals surface area contributed by atoms with Gasteiger partial charge in [0.15, 0.2) is 0 Å². The van der Waals surface area contributed by atoms with Gasteiger partial charge in [-0.1, -0.05) is 18.6 Å². The van der Waals surface area contributed by atoms with Crippen molar-refractivity contribution in [3.8, 4) is 5.75 Å². The maximum atomic E-state index is 12.1. The molecule has 1 saturated heterocycles. The van der Waals surface area contributed by atoms with Crippen molar-refractivity contribution in [3.05, 3.63) is 29.8 Å². The van der Waals surface area contributed by atoms with Crippen LogP contribution >= 0.6 is 0 Å². The minimum Gasteiger partial charge on any atom is -0.481 e. The van der Waals surface area contributed by atoms with Crippen LogP contribution in [0.3, 0.4) is 0 Å². The molecule has 0 unspecified atom stereocenters. The van der Waals surface area contributed by atoms with Crippen LogP contribution in [0.25, 0.3) is 0 Å². The van der Waals surface area contributed by atoms with E-state index in [1.807, 2.05) is 0 Å². The van der Waals surface area contributed by atoms with Gasteiger partial charge in [-0.15, -0.1) is 13.2 Å². The summed E-state index contributed by atoms with van der Waals surface area (Å²) in [5, 5.41) is 9.55. The predicted molar refractivity (Wildman–Crippen MR) is 75.8 cm³/mol. The van der Waals surface area contributed by atoms with Crippen molar-refractivity contribution in [2.75, 3.05) is 13.1 Å². The first kappa shape index (κ1) is 16.1. The number of fused-ring (bicyclic) bond motifs is 1. The maximum absolute atomic E-state index is 12.1. The number of hydrogen-bond acceptors (Lipinski definition) is 3. The number of hydrogen-bond donors (Lipinski definition) is 1. The number of halogens is 3. The molecule has 2 fully saturated rings. The molecular formula is C16H18F3NO3. The second kappa shape index (κ2) is 5.70. The van der Waals surface area contributed by atoms with Crippen LogP contribution in [0.1, 0.15) is 24.8 Å². The van der Waals surface area contributed by atoms with Crippen molar-refractivity contribution in [1.29, 1.82) is 0 Å². The van der Waals surface area contributed by atoms with Crippen LogP contribution in [-0.4, -0.2) is 35.4 Å². The minimum absolute atomic E-state index is 0.174. The molecule has 0 aromatic heterocycles. The zero-order chi connectivity index (χ0) is 16.7. The lowest BCUT2D eigenvalue weighted by atomic mass is 9.81. The van der Waals surface area contributed by atoms with Gasteiger partial charge >= 0.3 is 12.3 Å². The van der Waals surface area contributed by atoms with E-state index in [0.717, 1.165) is 24.9 Å². The summed E-state index contributed by atoms with van der Waals surface area (Å²) in [6.07, 6.45) is -2.10. The molecule has 1 heterocycles. The Labute approximate surface area is 131 Å². The summed E-state index contributed by atoms with van der Waals surface area (Å²) in [5.74, 6) is -0.800. The molecule has 126 valence electrons. The average molecular weight is 329 g/mol. The Kier molecular flexibility index (Phi) is 4.00. The van der Waals surface area contributed by atoms with E-state index in [9.17, 15) is 23.1 Å². The first-order chi connectivity index (χ1) is 10.8. The fourth-order valence-electron chi connectivity index (χ4n) is 3.92. The lowest BCUT2D eigenvalue weighted by Gasteiger charge is -2.23. The Morgan fingerprint density at radius 3 is 2.61 bits per heavy atom. The number of carboxylic acids is 1. The summed E-state index contributed by atoms with van der Waals surface area (Å²) in [7, 11) is 0. The van der Waals surface area contributed by atoms with E-state index in [2.05, 4.69) is 9.64 Å². The molecule has 1 N–H and O–H groups in total. The Hall–Kier alpha value is -1.76. The molecule has 0 spiro atoms. The van der Waals surface area contributed by atoms with Gasteiger partial charge in [0.05, 0.1) is 5.41 Å². The van der Waals surface area contributed by atoms with Crippen molar-refractivity contribution < 1.29 is 27.8 Å². The number of rotatable bonds is 4. The lowest BCUT2D eigenvalue weighted by Crippen LogP contribution is -2.35. The topological polar surface area (TPSA) is 49.8 Å². The fraction of sp³-hybridized carbons (Fsp3) is 0.562. The quantitative estimate of drug-likeness (QED) is 0.921. The van der Waals surface area contributed by atoms with E-state index in [-0.39, 0.29) is 11.7 Å². The number of carbonyl (C=O) groups is 1. The van der Waals surface area contributed by atoms with Crippen LogP contribution in [0.15, 0.2) is 24.3 Å². The van der Waals surface area contributed by atoms with E-state index in [4.69, 9.17) is 0 Å². The first-order valence-corrected chi connectivity index (χ1v) is 7.59. The highest BCUT2D eigenvalue weighted by Crippen LogP contribution is 2.49. The van der Waals surface area contributed by atoms with Gasteiger partial charge in [0.2, 0.25) is 0 Å². The van der Waals surface area contributed by atoms with Crippen molar-refractivity contribution >= 4 is 5.97 Å². The fourth-order valence-corrected chi connectivity index (χ4v) is 3.92. The lowest BCUT2D eigenvalue weighted by molar-refractivity contribution is -0.274. The molecule has 2 atom stereocenters. The van der Waals surface area contributed by atoms with Crippen LogP contribution in [-0.2, 0) is 11.3 Å². The normalized spacial score (nSPS) is 27.9. The van der Waals surface area contributed by atoms with Crippen molar-refractivity contribution in [3.63, 3.8) is 0 Å².